The first-order chi connectivity index (χ1) is 10.1. The van der Waals surface area contributed by atoms with Crippen molar-refractivity contribution in [3.63, 3.8) is 0 Å². The highest BCUT2D eigenvalue weighted by molar-refractivity contribution is 7.92. The fraction of sp³-hybridized carbons (Fsp3) is 0.462. The number of carbonyl (C=O) groups is 1. The largest absolute Gasteiger partial charge is 0.383 e. The summed E-state index contributed by atoms with van der Waals surface area (Å²) in [5.41, 5.74) is 0.270. The van der Waals surface area contributed by atoms with Crippen molar-refractivity contribution in [2.45, 2.75) is 13.0 Å². The molecule has 0 unspecified atom stereocenters. The molecular weight excluding hydrogens is 351 g/mol. The number of benzene rings is 1. The number of ether oxygens (including phenoxy) is 1. The van der Waals surface area contributed by atoms with E-state index < -0.39 is 15.9 Å². The Morgan fingerprint density at radius 3 is 2.50 bits per heavy atom. The van der Waals surface area contributed by atoms with Crippen molar-refractivity contribution in [2.24, 2.45) is 0 Å². The van der Waals surface area contributed by atoms with Crippen molar-refractivity contribution in [2.75, 3.05) is 30.8 Å². The predicted molar refractivity (Wildman–Crippen MR) is 88.1 cm³/mol. The monoisotopic (exact) mass is 368 g/mol. The molecule has 0 aliphatic rings. The maximum Gasteiger partial charge on any atom is 0.241 e. The summed E-state index contributed by atoms with van der Waals surface area (Å²) in [6.07, 6.45) is 1.02. The number of nitrogens with one attached hydrogen (secondary N) is 1. The molecule has 1 aromatic carbocycles. The Morgan fingerprint density at radius 2 is 2.00 bits per heavy atom. The molecule has 0 spiro atoms. The van der Waals surface area contributed by atoms with Gasteiger partial charge in [0.25, 0.3) is 0 Å². The topological polar surface area (TPSA) is 75.7 Å². The van der Waals surface area contributed by atoms with Gasteiger partial charge in [-0.05, 0) is 25.1 Å². The van der Waals surface area contributed by atoms with Crippen molar-refractivity contribution >= 4 is 44.8 Å². The fourth-order valence-corrected chi connectivity index (χ4v) is 2.92. The third kappa shape index (κ3) is 5.64. The van der Waals surface area contributed by atoms with Crippen LogP contribution in [-0.4, -0.2) is 46.9 Å². The molecule has 0 heterocycles. The van der Waals surface area contributed by atoms with Crippen LogP contribution in [-0.2, 0) is 19.6 Å². The van der Waals surface area contributed by atoms with Crippen molar-refractivity contribution in [3.05, 3.63) is 28.2 Å². The molecule has 0 aromatic heterocycles. The number of methoxy groups -OCH3 is 1. The van der Waals surface area contributed by atoms with Crippen LogP contribution in [0.15, 0.2) is 18.2 Å². The molecule has 1 N–H and O–H groups in total. The number of hydrogen-bond donors (Lipinski definition) is 1. The molecule has 1 aromatic rings. The summed E-state index contributed by atoms with van der Waals surface area (Å²) in [6, 6.07) is 4.13. The maximum atomic E-state index is 12.0. The van der Waals surface area contributed by atoms with Gasteiger partial charge in [0.1, 0.15) is 6.54 Å². The van der Waals surface area contributed by atoms with E-state index in [9.17, 15) is 13.2 Å². The average Bonchev–Trinajstić information content (AvgIpc) is 2.38. The highest BCUT2D eigenvalue weighted by Gasteiger charge is 2.22. The van der Waals surface area contributed by atoms with Crippen molar-refractivity contribution in [1.82, 2.24) is 5.32 Å². The lowest BCUT2D eigenvalue weighted by Crippen LogP contribution is -2.44. The van der Waals surface area contributed by atoms with Gasteiger partial charge in [-0.25, -0.2) is 8.42 Å². The molecule has 6 nitrogen and oxygen atoms in total. The second-order valence-electron chi connectivity index (χ2n) is 4.79. The summed E-state index contributed by atoms with van der Waals surface area (Å²) in [4.78, 5) is 12.0. The molecule has 1 atom stereocenters. The Balaban J connectivity index is 2.95. The molecule has 22 heavy (non-hydrogen) atoms. The van der Waals surface area contributed by atoms with Crippen LogP contribution in [0.2, 0.25) is 10.0 Å². The molecule has 0 bridgehead atoms. The lowest BCUT2D eigenvalue weighted by atomic mass is 10.3. The molecule has 1 amide bonds. The third-order valence-corrected chi connectivity index (χ3v) is 4.58. The van der Waals surface area contributed by atoms with Gasteiger partial charge in [-0.2, -0.15) is 0 Å². The summed E-state index contributed by atoms with van der Waals surface area (Å²) in [6.45, 7) is 1.73. The van der Waals surface area contributed by atoms with Crippen LogP contribution < -0.4 is 9.62 Å². The van der Waals surface area contributed by atoms with Gasteiger partial charge in [0.2, 0.25) is 15.9 Å². The number of hydrogen-bond acceptors (Lipinski definition) is 4. The number of rotatable bonds is 7. The minimum absolute atomic E-state index is 0.209. The summed E-state index contributed by atoms with van der Waals surface area (Å²) in [5, 5.41) is 3.16. The Labute approximate surface area is 140 Å². The zero-order chi connectivity index (χ0) is 16.9. The quantitative estimate of drug-likeness (QED) is 0.797. The Kier molecular flexibility index (Phi) is 6.93. The molecule has 1 rings (SSSR count). The van der Waals surface area contributed by atoms with Gasteiger partial charge in [-0.15, -0.1) is 0 Å². The van der Waals surface area contributed by atoms with Gasteiger partial charge in [-0.3, -0.25) is 9.10 Å². The van der Waals surface area contributed by atoms with E-state index in [0.29, 0.717) is 11.6 Å². The second kappa shape index (κ2) is 8.01. The number of nitrogens with zero attached hydrogens (tertiary/aromatic N) is 1. The fourth-order valence-electron chi connectivity index (χ4n) is 1.78. The number of sulfonamides is 1. The number of carbonyl (C=O) groups excluding carboxylic acids is 1. The summed E-state index contributed by atoms with van der Waals surface area (Å²) < 4.78 is 29.7. The molecule has 0 aliphatic heterocycles. The maximum absolute atomic E-state index is 12.0. The van der Waals surface area contributed by atoms with E-state index in [-0.39, 0.29) is 23.3 Å². The average molecular weight is 369 g/mol. The van der Waals surface area contributed by atoms with E-state index in [4.69, 9.17) is 27.9 Å². The van der Waals surface area contributed by atoms with E-state index >= 15 is 0 Å². The van der Waals surface area contributed by atoms with Crippen LogP contribution in [0.1, 0.15) is 6.92 Å². The molecule has 0 saturated heterocycles. The molecule has 0 radical (unpaired) electrons. The Hall–Kier alpha value is -1.02. The molecular formula is C13H18Cl2N2O4S. The standard InChI is InChI=1S/C13H18Cl2N2O4S/c1-9(8-21-2)16-13(18)7-17(22(3,19)20)10-4-5-11(14)12(15)6-10/h4-6,9H,7-8H2,1-3H3,(H,16,18)/t9-/m0/s1. The number of amides is 1. The lowest BCUT2D eigenvalue weighted by molar-refractivity contribution is -0.120. The van der Waals surface area contributed by atoms with Gasteiger partial charge >= 0.3 is 0 Å². The molecule has 124 valence electrons. The minimum atomic E-state index is -3.65. The van der Waals surface area contributed by atoms with E-state index in [1.54, 1.807) is 6.92 Å². The predicted octanol–water partition coefficient (Wildman–Crippen LogP) is 1.91. The van der Waals surface area contributed by atoms with Gasteiger partial charge in [0.15, 0.2) is 0 Å². The summed E-state index contributed by atoms with van der Waals surface area (Å²) in [7, 11) is -2.14. The second-order valence-corrected chi connectivity index (χ2v) is 7.51. The van der Waals surface area contributed by atoms with Gasteiger partial charge < -0.3 is 10.1 Å². The van der Waals surface area contributed by atoms with E-state index in [0.717, 1.165) is 10.6 Å². The Bertz CT molecular complexity index is 637. The van der Waals surface area contributed by atoms with E-state index in [2.05, 4.69) is 5.32 Å². The van der Waals surface area contributed by atoms with Crippen LogP contribution in [0.25, 0.3) is 0 Å². The first-order valence-corrected chi connectivity index (χ1v) is 8.96. The number of halogens is 2. The van der Waals surface area contributed by atoms with Crippen LogP contribution in [0.4, 0.5) is 5.69 Å². The van der Waals surface area contributed by atoms with Gasteiger partial charge in [-0.1, -0.05) is 23.2 Å². The normalized spacial score (nSPS) is 12.8. The molecule has 9 heteroatoms. The zero-order valence-electron chi connectivity index (χ0n) is 12.5. The lowest BCUT2D eigenvalue weighted by Gasteiger charge is -2.23. The highest BCUT2D eigenvalue weighted by atomic mass is 35.5. The van der Waals surface area contributed by atoms with Gasteiger partial charge in [0, 0.05) is 13.2 Å². The molecule has 0 saturated carbocycles. The van der Waals surface area contributed by atoms with Gasteiger partial charge in [0.05, 0.1) is 28.6 Å². The third-order valence-electron chi connectivity index (χ3n) is 2.70. The number of anilines is 1. The van der Waals surface area contributed by atoms with Crippen LogP contribution in [0.5, 0.6) is 0 Å². The minimum Gasteiger partial charge on any atom is -0.383 e. The van der Waals surface area contributed by atoms with E-state index in [1.165, 1.54) is 25.3 Å². The molecule has 0 aliphatic carbocycles. The van der Waals surface area contributed by atoms with Crippen LogP contribution in [0, 0.1) is 0 Å². The summed E-state index contributed by atoms with van der Waals surface area (Å²) >= 11 is 11.7. The Morgan fingerprint density at radius 1 is 1.36 bits per heavy atom. The van der Waals surface area contributed by atoms with Crippen molar-refractivity contribution in [3.8, 4) is 0 Å². The summed E-state index contributed by atoms with van der Waals surface area (Å²) in [5.74, 6) is -0.443. The van der Waals surface area contributed by atoms with E-state index in [1.807, 2.05) is 0 Å². The first-order valence-electron chi connectivity index (χ1n) is 6.36. The smallest absolute Gasteiger partial charge is 0.241 e. The highest BCUT2D eigenvalue weighted by Crippen LogP contribution is 2.28. The van der Waals surface area contributed by atoms with Crippen LogP contribution in [0.3, 0.4) is 0 Å². The first kappa shape index (κ1) is 19.0. The van der Waals surface area contributed by atoms with Crippen LogP contribution >= 0.6 is 23.2 Å². The van der Waals surface area contributed by atoms with Crippen molar-refractivity contribution < 1.29 is 17.9 Å². The van der Waals surface area contributed by atoms with Crippen molar-refractivity contribution in [1.29, 1.82) is 0 Å². The zero-order valence-corrected chi connectivity index (χ0v) is 14.8. The molecule has 0 fully saturated rings. The SMILES string of the molecule is COC[C@H](C)NC(=O)CN(c1ccc(Cl)c(Cl)c1)S(C)(=O)=O.